The molecule has 0 aromatic heterocycles. The Kier molecular flexibility index (Phi) is 11.8. The Hall–Kier alpha value is -0.240. The van der Waals surface area contributed by atoms with E-state index in [-0.39, 0.29) is 6.61 Å². The molecule has 0 spiro atoms. The maximum Gasteiger partial charge on any atom is 0.109 e. The van der Waals surface area contributed by atoms with Crippen LogP contribution in [0, 0.1) is 0 Å². The maximum absolute atomic E-state index is 9.94. The first kappa shape index (κ1) is 21.8. The van der Waals surface area contributed by atoms with Crippen molar-refractivity contribution >= 4 is 0 Å². The van der Waals surface area contributed by atoms with E-state index in [0.29, 0.717) is 6.54 Å². The molecule has 6 heteroatoms. The predicted octanol–water partition coefficient (Wildman–Crippen LogP) is 0.605. The lowest BCUT2D eigenvalue weighted by molar-refractivity contribution is -0.145. The van der Waals surface area contributed by atoms with E-state index in [1.807, 2.05) is 4.90 Å². The van der Waals surface area contributed by atoms with Gasteiger partial charge < -0.3 is 26.2 Å². The van der Waals surface area contributed by atoms with E-state index in [1.54, 1.807) is 0 Å². The van der Waals surface area contributed by atoms with Crippen LogP contribution in [-0.2, 0) is 0 Å². The highest BCUT2D eigenvalue weighted by Crippen LogP contribution is 2.20. The van der Waals surface area contributed by atoms with Gasteiger partial charge in [-0.25, -0.2) is 0 Å². The van der Waals surface area contributed by atoms with Crippen molar-refractivity contribution in [3.63, 3.8) is 0 Å². The number of aliphatic hydroxyl groups excluding tert-OH is 4. The fourth-order valence-corrected chi connectivity index (χ4v) is 3.51. The van der Waals surface area contributed by atoms with Gasteiger partial charge in [-0.1, -0.05) is 51.4 Å². The first-order valence-electron chi connectivity index (χ1n) is 9.71. The molecule has 6 nitrogen and oxygen atoms in total. The van der Waals surface area contributed by atoms with Gasteiger partial charge in [0.2, 0.25) is 0 Å². The summed E-state index contributed by atoms with van der Waals surface area (Å²) >= 11 is 0. The van der Waals surface area contributed by atoms with Crippen molar-refractivity contribution in [1.82, 2.24) is 4.90 Å². The molecule has 0 saturated carbocycles. The van der Waals surface area contributed by atoms with Crippen molar-refractivity contribution in [1.29, 1.82) is 0 Å². The molecule has 1 aliphatic rings. The van der Waals surface area contributed by atoms with Crippen LogP contribution in [-0.4, -0.2) is 75.9 Å². The summed E-state index contributed by atoms with van der Waals surface area (Å²) in [7, 11) is 0. The summed E-state index contributed by atoms with van der Waals surface area (Å²) in [5, 5.41) is 38.8. The fraction of sp³-hybridized carbons (Fsp3) is 1.00. The number of nitrogens with zero attached hydrogens (tertiary/aromatic N) is 1. The van der Waals surface area contributed by atoms with Gasteiger partial charge in [-0.3, -0.25) is 4.90 Å². The number of hydrogen-bond donors (Lipinski definition) is 5. The molecule has 0 bridgehead atoms. The van der Waals surface area contributed by atoms with E-state index in [1.165, 1.54) is 44.9 Å². The van der Waals surface area contributed by atoms with Crippen LogP contribution in [0.15, 0.2) is 0 Å². The van der Waals surface area contributed by atoms with E-state index in [0.717, 1.165) is 32.4 Å². The van der Waals surface area contributed by atoms with Gasteiger partial charge in [0.25, 0.3) is 0 Å². The van der Waals surface area contributed by atoms with Crippen LogP contribution in [0.2, 0.25) is 0 Å². The highest BCUT2D eigenvalue weighted by atomic mass is 16.4. The van der Waals surface area contributed by atoms with E-state index in [4.69, 9.17) is 5.73 Å². The molecule has 0 aliphatic carbocycles. The van der Waals surface area contributed by atoms with Gasteiger partial charge in [-0.15, -0.1) is 0 Å². The molecule has 0 unspecified atom stereocenters. The molecule has 1 aliphatic heterocycles. The lowest BCUT2D eigenvalue weighted by Crippen LogP contribution is -2.62. The summed E-state index contributed by atoms with van der Waals surface area (Å²) in [6.07, 6.45) is 8.97. The van der Waals surface area contributed by atoms with E-state index >= 15 is 0 Å². The quantitative estimate of drug-likeness (QED) is 0.313. The van der Waals surface area contributed by atoms with Crippen LogP contribution in [0.1, 0.15) is 64.2 Å². The number of nitrogens with two attached hydrogens (primary N) is 1. The van der Waals surface area contributed by atoms with Crippen LogP contribution in [0.5, 0.6) is 0 Å². The van der Waals surface area contributed by atoms with Crippen molar-refractivity contribution < 1.29 is 20.4 Å². The number of rotatable bonds is 13. The predicted molar refractivity (Wildman–Crippen MR) is 95.7 cm³/mol. The van der Waals surface area contributed by atoms with Crippen LogP contribution >= 0.6 is 0 Å². The smallest absolute Gasteiger partial charge is 0.109 e. The Balaban J connectivity index is 2.04. The Labute approximate surface area is 146 Å². The zero-order valence-electron chi connectivity index (χ0n) is 15.0. The average Bonchev–Trinajstić information content (AvgIpc) is 2.58. The van der Waals surface area contributed by atoms with Crippen molar-refractivity contribution in [3.05, 3.63) is 0 Å². The van der Waals surface area contributed by atoms with Crippen LogP contribution in [0.3, 0.4) is 0 Å². The first-order valence-corrected chi connectivity index (χ1v) is 9.71. The standard InChI is InChI=1S/C18H38N2O4/c19-11-9-7-5-3-1-2-4-6-8-10-12-20-13-16(22)18(24)17(23)15(20)14-21/h15-18,21-24H,1-14,19H2/t15-,16-,17+,18+/m0/s1. The summed E-state index contributed by atoms with van der Waals surface area (Å²) in [6.45, 7) is 1.66. The lowest BCUT2D eigenvalue weighted by atomic mass is 9.94. The van der Waals surface area contributed by atoms with Crippen LogP contribution < -0.4 is 5.73 Å². The minimum Gasteiger partial charge on any atom is -0.395 e. The molecular formula is C18H38N2O4. The van der Waals surface area contributed by atoms with Crippen LogP contribution in [0.4, 0.5) is 0 Å². The molecule has 0 amide bonds. The molecule has 6 N–H and O–H groups in total. The molecule has 4 atom stereocenters. The number of piperidine rings is 1. The third-order valence-corrected chi connectivity index (χ3v) is 5.12. The second-order valence-corrected chi connectivity index (χ2v) is 7.12. The van der Waals surface area contributed by atoms with Gasteiger partial charge in [0.15, 0.2) is 0 Å². The van der Waals surface area contributed by atoms with Crippen molar-refractivity contribution in [2.45, 2.75) is 88.6 Å². The van der Waals surface area contributed by atoms with Crippen molar-refractivity contribution in [2.75, 3.05) is 26.2 Å². The summed E-state index contributed by atoms with van der Waals surface area (Å²) in [5.41, 5.74) is 5.47. The number of likely N-dealkylation sites (tertiary alicyclic amines) is 1. The Morgan fingerprint density at radius 1 is 0.750 bits per heavy atom. The van der Waals surface area contributed by atoms with Gasteiger partial charge in [0.05, 0.1) is 18.8 Å². The monoisotopic (exact) mass is 346 g/mol. The molecule has 1 heterocycles. The highest BCUT2D eigenvalue weighted by molar-refractivity contribution is 4.93. The Bertz CT molecular complexity index is 307. The van der Waals surface area contributed by atoms with Gasteiger partial charge in [0.1, 0.15) is 12.2 Å². The molecule has 24 heavy (non-hydrogen) atoms. The number of aliphatic hydroxyl groups is 4. The van der Waals surface area contributed by atoms with Crippen LogP contribution in [0.25, 0.3) is 0 Å². The first-order chi connectivity index (χ1) is 11.6. The van der Waals surface area contributed by atoms with Crippen molar-refractivity contribution in [2.24, 2.45) is 5.73 Å². The minimum atomic E-state index is -1.16. The maximum atomic E-state index is 9.94. The van der Waals surface area contributed by atoms with Gasteiger partial charge in [-0.2, -0.15) is 0 Å². The Morgan fingerprint density at radius 2 is 1.25 bits per heavy atom. The normalized spacial score (nSPS) is 28.4. The third-order valence-electron chi connectivity index (χ3n) is 5.12. The third kappa shape index (κ3) is 7.76. The number of β-amino-alcohol motifs (C(OH)–C–C–N with tert-alkyl or cyclic N) is 1. The topological polar surface area (TPSA) is 110 Å². The van der Waals surface area contributed by atoms with Gasteiger partial charge >= 0.3 is 0 Å². The molecule has 0 aromatic rings. The Morgan fingerprint density at radius 3 is 1.75 bits per heavy atom. The molecule has 1 rings (SSSR count). The fourth-order valence-electron chi connectivity index (χ4n) is 3.51. The molecule has 144 valence electrons. The minimum absolute atomic E-state index is 0.199. The zero-order valence-corrected chi connectivity index (χ0v) is 15.0. The van der Waals surface area contributed by atoms with Gasteiger partial charge in [0, 0.05) is 6.54 Å². The summed E-state index contributed by atoms with van der Waals surface area (Å²) in [6, 6.07) is -0.475. The SMILES string of the molecule is NCCCCCCCCCCCCN1C[C@H](O)[C@@H](O)[C@H](O)[C@@H]1CO. The molecule has 1 saturated heterocycles. The molecule has 0 aromatic carbocycles. The van der Waals surface area contributed by atoms with Gasteiger partial charge in [-0.05, 0) is 25.9 Å². The number of hydrogen-bond acceptors (Lipinski definition) is 6. The summed E-state index contributed by atoms with van der Waals surface area (Å²) < 4.78 is 0. The molecule has 1 fully saturated rings. The van der Waals surface area contributed by atoms with E-state index in [2.05, 4.69) is 0 Å². The summed E-state index contributed by atoms with van der Waals surface area (Å²) in [5.74, 6) is 0. The van der Waals surface area contributed by atoms with E-state index < -0.39 is 24.4 Å². The molecule has 0 radical (unpaired) electrons. The second kappa shape index (κ2) is 13.0. The number of unbranched alkanes of at least 4 members (excludes halogenated alkanes) is 9. The van der Waals surface area contributed by atoms with E-state index in [9.17, 15) is 20.4 Å². The average molecular weight is 347 g/mol. The second-order valence-electron chi connectivity index (χ2n) is 7.12. The zero-order chi connectivity index (χ0) is 17.8. The summed E-state index contributed by atoms with van der Waals surface area (Å²) in [4.78, 5) is 1.90. The van der Waals surface area contributed by atoms with Crippen molar-refractivity contribution in [3.8, 4) is 0 Å². The lowest BCUT2D eigenvalue weighted by Gasteiger charge is -2.43. The largest absolute Gasteiger partial charge is 0.395 e. The highest BCUT2D eigenvalue weighted by Gasteiger charge is 2.40. The molecular weight excluding hydrogens is 308 g/mol.